The van der Waals surface area contributed by atoms with Crippen LogP contribution in [-0.2, 0) is 6.18 Å². The van der Waals surface area contributed by atoms with Crippen molar-refractivity contribution in [3.05, 3.63) is 53.7 Å². The number of carbonyl (C=O) groups is 1. The predicted octanol–water partition coefficient (Wildman–Crippen LogP) is 3.46. The Labute approximate surface area is 155 Å². The first-order valence-corrected chi connectivity index (χ1v) is 8.51. The smallest absolute Gasteiger partial charge is 0.417 e. The summed E-state index contributed by atoms with van der Waals surface area (Å²) in [5, 5.41) is 0. The molecule has 1 aromatic heterocycles. The van der Waals surface area contributed by atoms with Crippen molar-refractivity contribution in [3.8, 4) is 5.88 Å². The molecule has 1 amide bonds. The van der Waals surface area contributed by atoms with Crippen LogP contribution < -0.4 is 9.64 Å². The topological polar surface area (TPSA) is 45.7 Å². The van der Waals surface area contributed by atoms with Gasteiger partial charge < -0.3 is 14.5 Å². The Hall–Kier alpha value is -2.77. The Bertz CT molecular complexity index is 807. The maximum atomic E-state index is 12.6. The zero-order chi connectivity index (χ0) is 19.6. The van der Waals surface area contributed by atoms with E-state index in [9.17, 15) is 18.0 Å². The van der Waals surface area contributed by atoms with E-state index in [0.717, 1.165) is 18.0 Å². The van der Waals surface area contributed by atoms with Crippen LogP contribution >= 0.6 is 0 Å². The van der Waals surface area contributed by atoms with E-state index in [2.05, 4.69) is 4.98 Å². The lowest BCUT2D eigenvalue weighted by Crippen LogP contribution is -2.28. The van der Waals surface area contributed by atoms with E-state index in [1.807, 2.05) is 23.1 Å². The Kier molecular flexibility index (Phi) is 5.25. The third-order valence-electron chi connectivity index (χ3n) is 4.38. The fourth-order valence-electron chi connectivity index (χ4n) is 3.00. The standard InChI is InChI=1S/C19H20F3N3O2/c1-24(2)18(26)15-5-3-4-6-16(15)25-10-9-14(12-25)27-17-8-7-13(11-23-17)19(20,21)22/h3-8,11,14H,9-10,12H2,1-2H3/t14-/m1/s1. The number of alkyl halides is 3. The Morgan fingerprint density at radius 1 is 1.22 bits per heavy atom. The highest BCUT2D eigenvalue weighted by atomic mass is 19.4. The number of carbonyl (C=O) groups excluding carboxylic acids is 1. The molecule has 1 aliphatic heterocycles. The first kappa shape index (κ1) is 19.0. The summed E-state index contributed by atoms with van der Waals surface area (Å²) in [6.07, 6.45) is -3.17. The van der Waals surface area contributed by atoms with Gasteiger partial charge in [0.15, 0.2) is 0 Å². The van der Waals surface area contributed by atoms with E-state index in [-0.39, 0.29) is 17.9 Å². The minimum atomic E-state index is -4.42. The number of nitrogens with zero attached hydrogens (tertiary/aromatic N) is 3. The monoisotopic (exact) mass is 379 g/mol. The van der Waals surface area contributed by atoms with Crippen molar-refractivity contribution in [1.29, 1.82) is 0 Å². The van der Waals surface area contributed by atoms with Crippen LogP contribution in [0.3, 0.4) is 0 Å². The second kappa shape index (κ2) is 7.46. The molecule has 27 heavy (non-hydrogen) atoms. The average molecular weight is 379 g/mol. The van der Waals surface area contributed by atoms with E-state index in [1.54, 1.807) is 20.2 Å². The van der Waals surface area contributed by atoms with Crippen LogP contribution in [0.25, 0.3) is 0 Å². The van der Waals surface area contributed by atoms with Gasteiger partial charge in [0.2, 0.25) is 5.88 Å². The van der Waals surface area contributed by atoms with Gasteiger partial charge >= 0.3 is 6.18 Å². The van der Waals surface area contributed by atoms with Crippen molar-refractivity contribution in [3.63, 3.8) is 0 Å². The molecule has 1 fully saturated rings. The van der Waals surface area contributed by atoms with E-state index >= 15 is 0 Å². The zero-order valence-electron chi connectivity index (χ0n) is 15.0. The van der Waals surface area contributed by atoms with Gasteiger partial charge in [0.25, 0.3) is 5.91 Å². The number of halogens is 3. The molecule has 1 aliphatic rings. The van der Waals surface area contributed by atoms with Gasteiger partial charge in [-0.2, -0.15) is 13.2 Å². The first-order valence-electron chi connectivity index (χ1n) is 8.51. The molecule has 3 rings (SSSR count). The molecule has 1 saturated heterocycles. The lowest BCUT2D eigenvalue weighted by molar-refractivity contribution is -0.137. The van der Waals surface area contributed by atoms with Gasteiger partial charge in [-0.25, -0.2) is 4.98 Å². The number of rotatable bonds is 4. The van der Waals surface area contributed by atoms with Crippen LogP contribution in [0.5, 0.6) is 5.88 Å². The summed E-state index contributed by atoms with van der Waals surface area (Å²) >= 11 is 0. The number of para-hydroxylation sites is 1. The molecule has 0 spiro atoms. The molecule has 0 N–H and O–H groups in total. The fourth-order valence-corrected chi connectivity index (χ4v) is 3.00. The normalized spacial score (nSPS) is 17.1. The van der Waals surface area contributed by atoms with Crippen molar-refractivity contribution in [2.45, 2.75) is 18.7 Å². The van der Waals surface area contributed by atoms with Gasteiger partial charge in [-0.1, -0.05) is 12.1 Å². The van der Waals surface area contributed by atoms with E-state index in [0.29, 0.717) is 25.1 Å². The van der Waals surface area contributed by atoms with Crippen molar-refractivity contribution in [2.24, 2.45) is 0 Å². The number of ether oxygens (including phenoxy) is 1. The van der Waals surface area contributed by atoms with Crippen LogP contribution in [0.15, 0.2) is 42.6 Å². The second-order valence-corrected chi connectivity index (χ2v) is 6.57. The maximum Gasteiger partial charge on any atom is 0.417 e. The first-order chi connectivity index (χ1) is 12.8. The van der Waals surface area contributed by atoms with Gasteiger partial charge in [-0.3, -0.25) is 4.79 Å². The molecule has 0 saturated carbocycles. The van der Waals surface area contributed by atoms with Crippen LogP contribution in [0.1, 0.15) is 22.3 Å². The molecular formula is C19H20F3N3O2. The van der Waals surface area contributed by atoms with Gasteiger partial charge in [0.05, 0.1) is 17.7 Å². The molecule has 0 bridgehead atoms. The van der Waals surface area contributed by atoms with E-state index in [1.165, 1.54) is 11.0 Å². The number of anilines is 1. The zero-order valence-corrected chi connectivity index (χ0v) is 15.0. The van der Waals surface area contributed by atoms with Crippen molar-refractivity contribution < 1.29 is 22.7 Å². The van der Waals surface area contributed by atoms with Crippen molar-refractivity contribution >= 4 is 11.6 Å². The van der Waals surface area contributed by atoms with Gasteiger partial charge in [0.1, 0.15) is 6.10 Å². The summed E-state index contributed by atoms with van der Waals surface area (Å²) in [4.78, 5) is 19.7. The SMILES string of the molecule is CN(C)C(=O)c1ccccc1N1CC[C@@H](Oc2ccc(C(F)(F)F)cn2)C1. The van der Waals surface area contributed by atoms with Crippen molar-refractivity contribution in [2.75, 3.05) is 32.1 Å². The van der Waals surface area contributed by atoms with Crippen LogP contribution in [0.4, 0.5) is 18.9 Å². The van der Waals surface area contributed by atoms with Gasteiger partial charge in [-0.15, -0.1) is 0 Å². The molecule has 2 aromatic rings. The van der Waals surface area contributed by atoms with E-state index < -0.39 is 11.7 Å². The van der Waals surface area contributed by atoms with Gasteiger partial charge in [0, 0.05) is 45.0 Å². The highest BCUT2D eigenvalue weighted by Gasteiger charge is 2.31. The number of benzene rings is 1. The second-order valence-electron chi connectivity index (χ2n) is 6.57. The summed E-state index contributed by atoms with van der Waals surface area (Å²) in [6.45, 7) is 1.21. The van der Waals surface area contributed by atoms with Crippen LogP contribution in [-0.4, -0.2) is 49.1 Å². The molecule has 5 nitrogen and oxygen atoms in total. The van der Waals surface area contributed by atoms with E-state index in [4.69, 9.17) is 4.74 Å². The molecular weight excluding hydrogens is 359 g/mol. The van der Waals surface area contributed by atoms with Crippen molar-refractivity contribution in [1.82, 2.24) is 9.88 Å². The molecule has 0 radical (unpaired) electrons. The summed E-state index contributed by atoms with van der Waals surface area (Å²) in [7, 11) is 3.40. The minimum Gasteiger partial charge on any atom is -0.472 e. The molecule has 0 aliphatic carbocycles. The number of pyridine rings is 1. The minimum absolute atomic E-state index is 0.0839. The van der Waals surface area contributed by atoms with Crippen LogP contribution in [0.2, 0.25) is 0 Å². The summed E-state index contributed by atoms with van der Waals surface area (Å²) < 4.78 is 43.5. The average Bonchev–Trinajstić information content (AvgIpc) is 3.09. The lowest BCUT2D eigenvalue weighted by Gasteiger charge is -2.23. The molecule has 1 aromatic carbocycles. The number of aromatic nitrogens is 1. The molecule has 144 valence electrons. The quantitative estimate of drug-likeness (QED) is 0.816. The molecule has 1 atom stereocenters. The predicted molar refractivity (Wildman–Crippen MR) is 94.9 cm³/mol. The largest absolute Gasteiger partial charge is 0.472 e. The van der Waals surface area contributed by atoms with Crippen LogP contribution in [0, 0.1) is 0 Å². The van der Waals surface area contributed by atoms with Gasteiger partial charge in [-0.05, 0) is 18.2 Å². The maximum absolute atomic E-state index is 12.6. The molecule has 0 unspecified atom stereocenters. The highest BCUT2D eigenvalue weighted by molar-refractivity contribution is 5.99. The summed E-state index contributed by atoms with van der Waals surface area (Å²) in [5.41, 5.74) is 0.623. The Morgan fingerprint density at radius 2 is 1.96 bits per heavy atom. The fraction of sp³-hybridized carbons (Fsp3) is 0.368. The highest BCUT2D eigenvalue weighted by Crippen LogP contribution is 2.30. The Balaban J connectivity index is 1.68. The third kappa shape index (κ3) is 4.32. The number of hydrogen-bond acceptors (Lipinski definition) is 4. The Morgan fingerprint density at radius 3 is 2.59 bits per heavy atom. The number of hydrogen-bond donors (Lipinski definition) is 0. The number of amides is 1. The third-order valence-corrected chi connectivity index (χ3v) is 4.38. The molecule has 2 heterocycles. The molecule has 8 heteroatoms. The summed E-state index contributed by atoms with van der Waals surface area (Å²) in [5.74, 6) is 0.0758. The lowest BCUT2D eigenvalue weighted by atomic mass is 10.1. The summed E-state index contributed by atoms with van der Waals surface area (Å²) in [6, 6.07) is 9.54.